The van der Waals surface area contributed by atoms with E-state index in [-0.39, 0.29) is 11.9 Å². The second kappa shape index (κ2) is 6.94. The average molecular weight is 310 g/mol. The van der Waals surface area contributed by atoms with E-state index in [1.807, 2.05) is 13.0 Å². The highest BCUT2D eigenvalue weighted by molar-refractivity contribution is 6.34. The number of hydrogen-bond acceptors (Lipinski definition) is 2. The van der Waals surface area contributed by atoms with Gasteiger partial charge in [-0.25, -0.2) is 0 Å². The summed E-state index contributed by atoms with van der Waals surface area (Å²) in [6, 6.07) is 4.95. The lowest BCUT2D eigenvalue weighted by molar-refractivity contribution is -0.142. The van der Waals surface area contributed by atoms with E-state index < -0.39 is 11.9 Å². The highest BCUT2D eigenvalue weighted by Gasteiger charge is 2.31. The minimum absolute atomic E-state index is 0.290. The maximum Gasteiger partial charge on any atom is 0.308 e. The molecule has 2 rings (SSSR count). The van der Waals surface area contributed by atoms with E-state index in [9.17, 15) is 14.7 Å². The molecule has 1 aromatic rings. The zero-order valence-electron chi connectivity index (χ0n) is 12.1. The van der Waals surface area contributed by atoms with Crippen LogP contribution in [-0.4, -0.2) is 23.0 Å². The Balaban J connectivity index is 2.16. The van der Waals surface area contributed by atoms with E-state index in [0.29, 0.717) is 23.4 Å². The van der Waals surface area contributed by atoms with Crippen molar-refractivity contribution in [2.24, 2.45) is 5.92 Å². The van der Waals surface area contributed by atoms with Gasteiger partial charge in [0, 0.05) is 6.04 Å². The Bertz CT molecular complexity index is 544. The molecule has 4 nitrogen and oxygen atoms in total. The number of halogens is 1. The zero-order chi connectivity index (χ0) is 15.4. The lowest BCUT2D eigenvalue weighted by atomic mass is 9.94. The summed E-state index contributed by atoms with van der Waals surface area (Å²) in [5.74, 6) is -1.64. The molecule has 0 heterocycles. The van der Waals surface area contributed by atoms with Crippen LogP contribution in [0.15, 0.2) is 18.2 Å². The summed E-state index contributed by atoms with van der Waals surface area (Å²) >= 11 is 6.16. The molecule has 0 saturated heterocycles. The summed E-state index contributed by atoms with van der Waals surface area (Å²) in [5, 5.41) is 12.6. The van der Waals surface area contributed by atoms with Crippen LogP contribution in [0.1, 0.15) is 48.0 Å². The molecule has 0 aromatic heterocycles. The minimum Gasteiger partial charge on any atom is -0.481 e. The highest BCUT2D eigenvalue weighted by Crippen LogP contribution is 2.25. The van der Waals surface area contributed by atoms with Crippen molar-refractivity contribution < 1.29 is 14.7 Å². The van der Waals surface area contributed by atoms with Crippen molar-refractivity contribution in [3.63, 3.8) is 0 Å². The third-order valence-electron chi connectivity index (χ3n) is 4.09. The predicted molar refractivity (Wildman–Crippen MR) is 81.7 cm³/mol. The Labute approximate surface area is 129 Å². The summed E-state index contributed by atoms with van der Waals surface area (Å²) in [7, 11) is 0. The summed E-state index contributed by atoms with van der Waals surface area (Å²) in [4.78, 5) is 23.8. The van der Waals surface area contributed by atoms with Crippen molar-refractivity contribution in [3.05, 3.63) is 34.3 Å². The molecule has 2 N–H and O–H groups in total. The van der Waals surface area contributed by atoms with E-state index in [1.54, 1.807) is 12.1 Å². The summed E-state index contributed by atoms with van der Waals surface area (Å²) in [6.45, 7) is 1.84. The number of rotatable bonds is 3. The van der Waals surface area contributed by atoms with Gasteiger partial charge in [0.05, 0.1) is 16.5 Å². The van der Waals surface area contributed by atoms with E-state index >= 15 is 0 Å². The zero-order valence-corrected chi connectivity index (χ0v) is 12.8. The third-order valence-corrected chi connectivity index (χ3v) is 4.59. The molecule has 0 aliphatic heterocycles. The second-order valence-electron chi connectivity index (χ2n) is 5.60. The van der Waals surface area contributed by atoms with Crippen molar-refractivity contribution in [2.75, 3.05) is 0 Å². The van der Waals surface area contributed by atoms with Gasteiger partial charge in [0.25, 0.3) is 5.91 Å². The molecular weight excluding hydrogens is 290 g/mol. The van der Waals surface area contributed by atoms with Gasteiger partial charge in [0.1, 0.15) is 0 Å². The third kappa shape index (κ3) is 3.76. The predicted octanol–water partition coefficient (Wildman–Crippen LogP) is 3.41. The van der Waals surface area contributed by atoms with Crippen LogP contribution < -0.4 is 5.32 Å². The summed E-state index contributed by atoms with van der Waals surface area (Å²) < 4.78 is 0. The first-order chi connectivity index (χ1) is 10.0. The molecule has 0 spiro atoms. The molecule has 1 aliphatic rings. The first kappa shape index (κ1) is 15.8. The number of carboxylic acid groups (broad SMARTS) is 1. The number of carboxylic acids is 1. The molecule has 1 saturated carbocycles. The molecule has 114 valence electrons. The normalized spacial score (nSPS) is 22.4. The van der Waals surface area contributed by atoms with Gasteiger partial charge < -0.3 is 10.4 Å². The van der Waals surface area contributed by atoms with E-state index in [4.69, 9.17) is 11.6 Å². The van der Waals surface area contributed by atoms with Crippen LogP contribution in [0.2, 0.25) is 5.02 Å². The topological polar surface area (TPSA) is 66.4 Å². The van der Waals surface area contributed by atoms with Crippen molar-refractivity contribution in [1.82, 2.24) is 5.32 Å². The Morgan fingerprint density at radius 2 is 1.95 bits per heavy atom. The Morgan fingerprint density at radius 1 is 1.24 bits per heavy atom. The molecule has 0 bridgehead atoms. The highest BCUT2D eigenvalue weighted by atomic mass is 35.5. The van der Waals surface area contributed by atoms with Gasteiger partial charge in [-0.2, -0.15) is 0 Å². The van der Waals surface area contributed by atoms with Crippen LogP contribution in [-0.2, 0) is 4.79 Å². The van der Waals surface area contributed by atoms with Crippen LogP contribution >= 0.6 is 11.6 Å². The van der Waals surface area contributed by atoms with Crippen LogP contribution in [0.3, 0.4) is 0 Å². The molecule has 1 aromatic carbocycles. The number of nitrogens with one attached hydrogen (secondary N) is 1. The van der Waals surface area contributed by atoms with Crippen LogP contribution in [0.5, 0.6) is 0 Å². The van der Waals surface area contributed by atoms with Crippen molar-refractivity contribution in [3.8, 4) is 0 Å². The first-order valence-electron chi connectivity index (χ1n) is 7.29. The summed E-state index contributed by atoms with van der Waals surface area (Å²) in [6.07, 6.45) is 4.17. The average Bonchev–Trinajstić information content (AvgIpc) is 2.67. The lowest BCUT2D eigenvalue weighted by Crippen LogP contribution is -2.42. The van der Waals surface area contributed by atoms with Gasteiger partial charge in [0.15, 0.2) is 0 Å². The standard InChI is InChI=1S/C16H20ClNO3/c1-10-6-5-8-12(14(10)17)15(19)18-13-9-4-2-3-7-11(13)16(20)21/h5-6,8,11,13H,2-4,7,9H2,1H3,(H,18,19)(H,20,21). The maximum absolute atomic E-state index is 12.4. The van der Waals surface area contributed by atoms with Gasteiger partial charge in [0.2, 0.25) is 0 Å². The molecule has 1 fully saturated rings. The molecule has 2 atom stereocenters. The van der Waals surface area contributed by atoms with E-state index in [2.05, 4.69) is 5.32 Å². The number of aliphatic carboxylic acids is 1. The van der Waals surface area contributed by atoms with Crippen LogP contribution in [0.4, 0.5) is 0 Å². The molecule has 0 radical (unpaired) electrons. The van der Waals surface area contributed by atoms with E-state index in [1.165, 1.54) is 0 Å². The Hall–Kier alpha value is -1.55. The molecule has 21 heavy (non-hydrogen) atoms. The number of benzene rings is 1. The van der Waals surface area contributed by atoms with Crippen molar-refractivity contribution in [1.29, 1.82) is 0 Å². The maximum atomic E-state index is 12.4. The number of carbonyl (C=O) groups is 2. The fraction of sp³-hybridized carbons (Fsp3) is 0.500. The fourth-order valence-corrected chi connectivity index (χ4v) is 3.06. The molecular formula is C16H20ClNO3. The molecule has 1 aliphatic carbocycles. The summed E-state index contributed by atoms with van der Waals surface area (Å²) in [5.41, 5.74) is 1.24. The number of amides is 1. The van der Waals surface area contributed by atoms with Gasteiger partial charge in [-0.15, -0.1) is 0 Å². The monoisotopic (exact) mass is 309 g/mol. The minimum atomic E-state index is -0.836. The van der Waals surface area contributed by atoms with Gasteiger partial charge >= 0.3 is 5.97 Å². The largest absolute Gasteiger partial charge is 0.481 e. The van der Waals surface area contributed by atoms with Gasteiger partial charge in [-0.05, 0) is 31.4 Å². The van der Waals surface area contributed by atoms with Crippen LogP contribution in [0, 0.1) is 12.8 Å². The molecule has 5 heteroatoms. The molecule has 1 amide bonds. The Morgan fingerprint density at radius 3 is 2.67 bits per heavy atom. The smallest absolute Gasteiger partial charge is 0.308 e. The molecule has 2 unspecified atom stereocenters. The van der Waals surface area contributed by atoms with Crippen molar-refractivity contribution in [2.45, 2.75) is 45.1 Å². The fourth-order valence-electron chi connectivity index (χ4n) is 2.84. The van der Waals surface area contributed by atoms with E-state index in [0.717, 1.165) is 24.8 Å². The number of hydrogen-bond donors (Lipinski definition) is 2. The second-order valence-corrected chi connectivity index (χ2v) is 5.98. The SMILES string of the molecule is Cc1cccc(C(=O)NC2CCCCCC2C(=O)O)c1Cl. The first-order valence-corrected chi connectivity index (χ1v) is 7.67. The van der Waals surface area contributed by atoms with Gasteiger partial charge in [-0.3, -0.25) is 9.59 Å². The Kier molecular flexibility index (Phi) is 5.23. The number of carbonyl (C=O) groups excluding carboxylic acids is 1. The van der Waals surface area contributed by atoms with Crippen LogP contribution in [0.25, 0.3) is 0 Å². The van der Waals surface area contributed by atoms with Gasteiger partial charge in [-0.1, -0.05) is 43.0 Å². The lowest BCUT2D eigenvalue weighted by Gasteiger charge is -2.23. The quantitative estimate of drug-likeness (QED) is 0.841. The number of aryl methyl sites for hydroxylation is 1. The van der Waals surface area contributed by atoms with Crippen molar-refractivity contribution >= 4 is 23.5 Å².